The van der Waals surface area contributed by atoms with Gasteiger partial charge in [-0.2, -0.15) is 9.92 Å². The summed E-state index contributed by atoms with van der Waals surface area (Å²) in [5.41, 5.74) is -2.06. The van der Waals surface area contributed by atoms with Crippen LogP contribution >= 0.6 is 0 Å². The maximum atomic E-state index is 12.9. The van der Waals surface area contributed by atoms with Crippen LogP contribution in [0.4, 0.5) is 0 Å². The van der Waals surface area contributed by atoms with Crippen molar-refractivity contribution >= 4 is 29.0 Å². The summed E-state index contributed by atoms with van der Waals surface area (Å²) in [6.07, 6.45) is -2.31. The first-order chi connectivity index (χ1) is 13.6. The summed E-state index contributed by atoms with van der Waals surface area (Å²) in [6.45, 7) is 1.84. The van der Waals surface area contributed by atoms with Crippen LogP contribution in [-0.4, -0.2) is 89.7 Å². The maximum absolute atomic E-state index is 12.9. The van der Waals surface area contributed by atoms with Crippen LogP contribution < -0.4 is 0 Å². The number of hydrogen-bond acceptors (Lipinski definition) is 11. The zero-order valence-corrected chi connectivity index (χ0v) is 16.8. The molecule has 0 aromatic rings. The first-order valence-corrected chi connectivity index (χ1v) is 8.44. The second kappa shape index (κ2) is 7.83. The summed E-state index contributed by atoms with van der Waals surface area (Å²) in [5.74, 6) is -11.1. The molecule has 4 N–H and O–H groups in total. The third kappa shape index (κ3) is 2.70. The quantitative estimate of drug-likeness (QED) is 0.146. The van der Waals surface area contributed by atoms with Gasteiger partial charge in [0.15, 0.2) is 28.7 Å². The third-order valence-electron chi connectivity index (χ3n) is 5.29. The Balaban J connectivity index is 4.51. The van der Waals surface area contributed by atoms with Gasteiger partial charge in [-0.25, -0.2) is 4.79 Å². The first-order valence-electron chi connectivity index (χ1n) is 8.44. The number of ether oxygens (including phenoxy) is 1. The molecule has 0 saturated carbocycles. The maximum Gasteiger partial charge on any atom is 0.310 e. The van der Waals surface area contributed by atoms with E-state index in [-0.39, 0.29) is 5.01 Å². The van der Waals surface area contributed by atoms with Gasteiger partial charge < -0.3 is 25.2 Å². The molecule has 14 heteroatoms. The Kier molecular flexibility index (Phi) is 6.60. The molecule has 0 aromatic carbocycles. The molecule has 30 heavy (non-hydrogen) atoms. The molecule has 0 aliphatic carbocycles. The minimum absolute atomic E-state index is 0.236. The largest absolute Gasteiger partial charge is 0.394 e. The van der Waals surface area contributed by atoms with Crippen LogP contribution in [0.5, 0.6) is 0 Å². The fourth-order valence-corrected chi connectivity index (χ4v) is 3.99. The molecule has 1 fully saturated rings. The molecule has 1 rings (SSSR count). The van der Waals surface area contributed by atoms with E-state index in [1.54, 1.807) is 0 Å². The van der Waals surface area contributed by atoms with Crippen molar-refractivity contribution in [3.8, 4) is 0 Å². The molecule has 0 aromatic heterocycles. The predicted molar refractivity (Wildman–Crippen MR) is 93.9 cm³/mol. The molecule has 0 radical (unpaired) electrons. The smallest absolute Gasteiger partial charge is 0.310 e. The number of amides is 1. The van der Waals surface area contributed by atoms with E-state index in [9.17, 15) is 44.4 Å². The van der Waals surface area contributed by atoms with E-state index in [0.717, 1.165) is 0 Å². The first kappa shape index (κ1) is 25.3. The van der Waals surface area contributed by atoms with Gasteiger partial charge in [-0.05, 0) is 26.0 Å². The lowest BCUT2D eigenvalue weighted by molar-refractivity contribution is -0.372. The average Bonchev–Trinajstić information content (AvgIpc) is 2.62. The fraction of sp³-hybridized carbons (Fsp3) is 0.688. The van der Waals surface area contributed by atoms with Crippen LogP contribution in [0.2, 0.25) is 0 Å². The van der Waals surface area contributed by atoms with Crippen molar-refractivity contribution in [2.24, 2.45) is 5.22 Å². The standard InChI is InChI=1S/C16H22N4O10/c1-7(22)13(27)12(6-21)30-16(29,10(4)25)14(8(2)23,15(13,28)9(3)24)20(11(5)26)19-18-17/h12,21,27-29H,6H2,1-5H3/t12-,13-,14+,15+,16?/m1/s1. The number of rotatable bonds is 7. The van der Waals surface area contributed by atoms with Crippen LogP contribution in [0, 0.1) is 0 Å². The van der Waals surface area contributed by atoms with Gasteiger partial charge in [0.1, 0.15) is 6.10 Å². The second-order valence-electron chi connectivity index (χ2n) is 6.85. The van der Waals surface area contributed by atoms with Gasteiger partial charge >= 0.3 is 5.91 Å². The van der Waals surface area contributed by atoms with Crippen molar-refractivity contribution in [1.82, 2.24) is 5.01 Å². The Bertz CT molecular complexity index is 868. The van der Waals surface area contributed by atoms with Gasteiger partial charge in [0.2, 0.25) is 5.60 Å². The summed E-state index contributed by atoms with van der Waals surface area (Å²) in [7, 11) is 0. The Morgan fingerprint density at radius 3 is 1.73 bits per heavy atom. The molecule has 1 saturated heterocycles. The Labute approximate surface area is 169 Å². The topological polar surface area (TPSA) is 227 Å². The molecular formula is C16H22N4O10. The van der Waals surface area contributed by atoms with Gasteiger partial charge in [-0.15, -0.1) is 5.53 Å². The van der Waals surface area contributed by atoms with Crippen molar-refractivity contribution in [3.63, 3.8) is 0 Å². The van der Waals surface area contributed by atoms with E-state index in [1.165, 1.54) is 0 Å². The minimum Gasteiger partial charge on any atom is -0.394 e. The number of carbonyl (C=O) groups excluding carboxylic acids is 5. The van der Waals surface area contributed by atoms with Crippen molar-refractivity contribution < 1.29 is 49.1 Å². The number of azide groups is 1. The molecule has 0 spiro atoms. The van der Waals surface area contributed by atoms with Crippen LogP contribution in [0.25, 0.3) is 10.4 Å². The summed E-state index contributed by atoms with van der Waals surface area (Å²) < 4.78 is 5.04. The van der Waals surface area contributed by atoms with Crippen molar-refractivity contribution in [2.75, 3.05) is 6.61 Å². The van der Waals surface area contributed by atoms with E-state index in [0.29, 0.717) is 34.6 Å². The number of aliphatic hydroxyl groups is 4. The van der Waals surface area contributed by atoms with E-state index in [1.807, 2.05) is 0 Å². The number of ketones is 4. The Hall–Kier alpha value is -2.74. The number of hydrogen-bond donors (Lipinski definition) is 4. The highest BCUT2D eigenvalue weighted by Crippen LogP contribution is 2.53. The third-order valence-corrected chi connectivity index (χ3v) is 5.29. The molecule has 1 aliphatic heterocycles. The predicted octanol–water partition coefficient (Wildman–Crippen LogP) is -2.30. The fourth-order valence-electron chi connectivity index (χ4n) is 3.99. The zero-order chi connectivity index (χ0) is 23.9. The van der Waals surface area contributed by atoms with E-state index in [2.05, 4.69) is 10.1 Å². The lowest BCUT2D eigenvalue weighted by Crippen LogP contribution is -2.93. The monoisotopic (exact) mass is 430 g/mol. The van der Waals surface area contributed by atoms with Gasteiger partial charge in [-0.3, -0.25) is 19.2 Å². The van der Waals surface area contributed by atoms with Gasteiger partial charge in [0.05, 0.1) is 6.61 Å². The molecule has 14 nitrogen and oxygen atoms in total. The minimum atomic E-state index is -3.82. The van der Waals surface area contributed by atoms with Crippen LogP contribution in [0.3, 0.4) is 0 Å². The molecule has 1 unspecified atom stereocenters. The highest BCUT2D eigenvalue weighted by atomic mass is 16.7. The number of nitrogens with zero attached hydrogens (tertiary/aromatic N) is 4. The van der Waals surface area contributed by atoms with Gasteiger partial charge in [0.25, 0.3) is 11.3 Å². The molecule has 166 valence electrons. The molecule has 5 atom stereocenters. The van der Waals surface area contributed by atoms with Crippen molar-refractivity contribution in [1.29, 1.82) is 0 Å². The number of aliphatic hydroxyl groups excluding tert-OH is 1. The van der Waals surface area contributed by atoms with E-state index in [4.69, 9.17) is 10.3 Å². The van der Waals surface area contributed by atoms with E-state index >= 15 is 0 Å². The highest BCUT2D eigenvalue weighted by Gasteiger charge is 2.88. The summed E-state index contributed by atoms with van der Waals surface area (Å²) in [5, 5.41) is 46.2. The number of carbonyl (C=O) groups is 5. The zero-order valence-electron chi connectivity index (χ0n) is 16.8. The molecule has 1 heterocycles. The van der Waals surface area contributed by atoms with Crippen molar-refractivity contribution in [3.05, 3.63) is 10.4 Å². The average molecular weight is 430 g/mol. The lowest BCUT2D eigenvalue weighted by atomic mass is 9.55. The SMILES string of the molecule is CC(=O)N(N=[N+]=[N-])[C@]1(C(C)=O)C(O)(C(C)=O)O[C@H](CO)[C@](O)(C(C)=O)[C@@]1(O)C(C)=O. The molecule has 0 bridgehead atoms. The summed E-state index contributed by atoms with van der Waals surface area (Å²) in [6, 6.07) is 0. The number of Topliss-reactive ketones (excluding diaryl/α,β-unsaturated/α-hetero) is 4. The molecule has 1 aliphatic rings. The van der Waals surface area contributed by atoms with Crippen LogP contribution in [0.15, 0.2) is 5.22 Å². The summed E-state index contributed by atoms with van der Waals surface area (Å²) in [4.78, 5) is 65.1. The highest BCUT2D eigenvalue weighted by molar-refractivity contribution is 6.11. The van der Waals surface area contributed by atoms with Crippen LogP contribution in [0.1, 0.15) is 34.6 Å². The van der Waals surface area contributed by atoms with Gasteiger partial charge in [0, 0.05) is 13.8 Å². The van der Waals surface area contributed by atoms with Crippen molar-refractivity contribution in [2.45, 2.75) is 63.3 Å². The molecular weight excluding hydrogens is 408 g/mol. The Morgan fingerprint density at radius 1 is 0.967 bits per heavy atom. The van der Waals surface area contributed by atoms with E-state index < -0.39 is 64.3 Å². The van der Waals surface area contributed by atoms with Crippen LogP contribution in [-0.2, 0) is 28.7 Å². The second-order valence-corrected chi connectivity index (χ2v) is 6.85. The lowest BCUT2D eigenvalue weighted by Gasteiger charge is -2.61. The molecule has 1 amide bonds. The summed E-state index contributed by atoms with van der Waals surface area (Å²) >= 11 is 0. The van der Waals surface area contributed by atoms with Gasteiger partial charge in [-0.1, -0.05) is 0 Å². The Morgan fingerprint density at radius 2 is 1.47 bits per heavy atom. The normalized spacial score (nSPS) is 35.7.